The van der Waals surface area contributed by atoms with Crippen LogP contribution >= 0.6 is 22.9 Å². The summed E-state index contributed by atoms with van der Waals surface area (Å²) < 4.78 is 0. The summed E-state index contributed by atoms with van der Waals surface area (Å²) in [5.41, 5.74) is 1.45. The van der Waals surface area contributed by atoms with Gasteiger partial charge < -0.3 is 0 Å². The molecule has 1 atom stereocenters. The Bertz CT molecular complexity index is 181. The summed E-state index contributed by atoms with van der Waals surface area (Å²) >= 11 is 7.46. The average Bonchev–Trinajstić information content (AvgIpc) is 2.52. The molecule has 0 aliphatic heterocycles. The lowest BCUT2D eigenvalue weighted by molar-refractivity contribution is 0.593. The molecule has 0 aliphatic carbocycles. The second kappa shape index (κ2) is 4.78. The van der Waals surface area contributed by atoms with Gasteiger partial charge in [-0.2, -0.15) is 11.3 Å². The van der Waals surface area contributed by atoms with Gasteiger partial charge in [0.25, 0.3) is 0 Å². The van der Waals surface area contributed by atoms with Gasteiger partial charge in [-0.1, -0.05) is 6.92 Å². The number of alkyl halides is 1. The van der Waals surface area contributed by atoms with Crippen molar-refractivity contribution >= 4 is 22.9 Å². The minimum atomic E-state index is 0.650. The van der Waals surface area contributed by atoms with E-state index in [-0.39, 0.29) is 0 Å². The fourth-order valence-corrected chi connectivity index (χ4v) is 1.78. The molecule has 0 fully saturated rings. The van der Waals surface area contributed by atoms with Crippen LogP contribution in [-0.2, 0) is 6.42 Å². The third kappa shape index (κ3) is 3.26. The first kappa shape index (κ1) is 9.08. The molecule has 0 aromatic carbocycles. The van der Waals surface area contributed by atoms with Crippen LogP contribution in [0.2, 0.25) is 0 Å². The van der Waals surface area contributed by atoms with Crippen molar-refractivity contribution < 1.29 is 0 Å². The van der Waals surface area contributed by atoms with Gasteiger partial charge in [0.15, 0.2) is 0 Å². The Morgan fingerprint density at radius 3 is 3.00 bits per heavy atom. The monoisotopic (exact) mass is 188 g/mol. The highest BCUT2D eigenvalue weighted by atomic mass is 35.5. The van der Waals surface area contributed by atoms with E-state index >= 15 is 0 Å². The first-order valence-corrected chi connectivity index (χ1v) is 5.37. The number of rotatable bonds is 4. The van der Waals surface area contributed by atoms with Crippen LogP contribution < -0.4 is 0 Å². The van der Waals surface area contributed by atoms with Gasteiger partial charge in [0, 0.05) is 5.88 Å². The van der Waals surface area contributed by atoms with Gasteiger partial charge in [0.05, 0.1) is 0 Å². The summed E-state index contributed by atoms with van der Waals surface area (Å²) in [7, 11) is 0. The normalized spacial score (nSPS) is 13.3. The van der Waals surface area contributed by atoms with Crippen molar-refractivity contribution in [2.24, 2.45) is 5.92 Å². The van der Waals surface area contributed by atoms with E-state index in [1.54, 1.807) is 11.3 Å². The lowest BCUT2D eigenvalue weighted by atomic mass is 10.1. The highest BCUT2D eigenvalue weighted by molar-refractivity contribution is 7.07. The van der Waals surface area contributed by atoms with Crippen molar-refractivity contribution in [3.05, 3.63) is 22.4 Å². The maximum Gasteiger partial charge on any atom is 0.0249 e. The third-order valence-electron chi connectivity index (χ3n) is 1.77. The van der Waals surface area contributed by atoms with E-state index in [9.17, 15) is 0 Å². The molecule has 0 saturated carbocycles. The van der Waals surface area contributed by atoms with Crippen LogP contribution in [0.3, 0.4) is 0 Å². The summed E-state index contributed by atoms with van der Waals surface area (Å²) in [5.74, 6) is 1.43. The van der Waals surface area contributed by atoms with Crippen LogP contribution in [0.5, 0.6) is 0 Å². The summed E-state index contributed by atoms with van der Waals surface area (Å²) in [6.07, 6.45) is 2.39. The Kier molecular flexibility index (Phi) is 3.95. The highest BCUT2D eigenvalue weighted by Gasteiger charge is 2.00. The predicted octanol–water partition coefficient (Wildman–Crippen LogP) is 3.56. The Labute approximate surface area is 77.2 Å². The minimum absolute atomic E-state index is 0.650. The molecule has 0 saturated heterocycles. The third-order valence-corrected chi connectivity index (χ3v) is 3.03. The average molecular weight is 189 g/mol. The predicted molar refractivity (Wildman–Crippen MR) is 52.5 cm³/mol. The molecular weight excluding hydrogens is 176 g/mol. The molecule has 1 aromatic rings. The topological polar surface area (TPSA) is 0 Å². The van der Waals surface area contributed by atoms with E-state index in [1.165, 1.54) is 18.4 Å². The minimum Gasteiger partial charge on any atom is -0.152 e. The van der Waals surface area contributed by atoms with Gasteiger partial charge in [0.2, 0.25) is 0 Å². The van der Waals surface area contributed by atoms with Gasteiger partial charge >= 0.3 is 0 Å². The molecule has 1 heterocycles. The van der Waals surface area contributed by atoms with Gasteiger partial charge in [-0.25, -0.2) is 0 Å². The smallest absolute Gasteiger partial charge is 0.0249 e. The quantitative estimate of drug-likeness (QED) is 0.634. The molecular formula is C9H13ClS. The molecule has 11 heavy (non-hydrogen) atoms. The second-order valence-corrected chi connectivity index (χ2v) is 4.02. The maximum atomic E-state index is 5.69. The zero-order valence-electron chi connectivity index (χ0n) is 6.72. The summed E-state index contributed by atoms with van der Waals surface area (Å²) in [4.78, 5) is 0. The maximum absolute atomic E-state index is 5.69. The molecule has 0 aliphatic rings. The van der Waals surface area contributed by atoms with Gasteiger partial charge in [-0.3, -0.25) is 0 Å². The number of hydrogen-bond donors (Lipinski definition) is 0. The van der Waals surface area contributed by atoms with Crippen molar-refractivity contribution in [2.75, 3.05) is 5.88 Å². The van der Waals surface area contributed by atoms with E-state index in [1.807, 2.05) is 0 Å². The van der Waals surface area contributed by atoms with Crippen molar-refractivity contribution in [1.82, 2.24) is 0 Å². The molecule has 1 aromatic heterocycles. The molecule has 0 spiro atoms. The number of halogens is 1. The van der Waals surface area contributed by atoms with E-state index in [2.05, 4.69) is 23.8 Å². The molecule has 62 valence electrons. The fraction of sp³-hybridized carbons (Fsp3) is 0.556. The fourth-order valence-electron chi connectivity index (χ4n) is 0.925. The Balaban J connectivity index is 2.23. The van der Waals surface area contributed by atoms with Gasteiger partial charge in [-0.15, -0.1) is 11.6 Å². The van der Waals surface area contributed by atoms with Crippen molar-refractivity contribution in [3.8, 4) is 0 Å². The van der Waals surface area contributed by atoms with E-state index in [0.717, 1.165) is 5.88 Å². The molecule has 2 heteroatoms. The molecule has 0 nitrogen and oxygen atoms in total. The standard InChI is InChI=1S/C9H13ClS/c1-8(6-10)2-3-9-4-5-11-7-9/h4-5,7-8H,2-3,6H2,1H3. The first-order chi connectivity index (χ1) is 5.33. The van der Waals surface area contributed by atoms with Crippen LogP contribution in [0.15, 0.2) is 16.8 Å². The molecule has 0 bridgehead atoms. The molecule has 0 amide bonds. The number of thiophene rings is 1. The van der Waals surface area contributed by atoms with E-state index in [0.29, 0.717) is 5.92 Å². The van der Waals surface area contributed by atoms with Crippen molar-refractivity contribution in [3.63, 3.8) is 0 Å². The van der Waals surface area contributed by atoms with Crippen molar-refractivity contribution in [2.45, 2.75) is 19.8 Å². The van der Waals surface area contributed by atoms with Crippen molar-refractivity contribution in [1.29, 1.82) is 0 Å². The molecule has 0 N–H and O–H groups in total. The molecule has 1 unspecified atom stereocenters. The van der Waals surface area contributed by atoms with E-state index < -0.39 is 0 Å². The molecule has 0 radical (unpaired) electrons. The second-order valence-electron chi connectivity index (χ2n) is 2.93. The largest absolute Gasteiger partial charge is 0.152 e. The Morgan fingerprint density at radius 2 is 2.45 bits per heavy atom. The van der Waals surface area contributed by atoms with Crippen LogP contribution in [0.25, 0.3) is 0 Å². The molecule has 1 rings (SSSR count). The zero-order chi connectivity index (χ0) is 8.10. The number of aryl methyl sites for hydroxylation is 1. The van der Waals surface area contributed by atoms with Crippen LogP contribution in [0.4, 0.5) is 0 Å². The lowest BCUT2D eigenvalue weighted by Gasteiger charge is -2.04. The SMILES string of the molecule is CC(CCl)CCc1ccsc1. The Hall–Kier alpha value is -0.0100. The first-order valence-electron chi connectivity index (χ1n) is 3.90. The zero-order valence-corrected chi connectivity index (χ0v) is 8.29. The summed E-state index contributed by atoms with van der Waals surface area (Å²) in [6, 6.07) is 2.19. The van der Waals surface area contributed by atoms with Crippen LogP contribution in [0.1, 0.15) is 18.9 Å². The number of hydrogen-bond acceptors (Lipinski definition) is 1. The Morgan fingerprint density at radius 1 is 1.64 bits per heavy atom. The summed E-state index contributed by atoms with van der Waals surface area (Å²) in [5, 5.41) is 4.33. The lowest BCUT2D eigenvalue weighted by Crippen LogP contribution is -1.97. The van der Waals surface area contributed by atoms with Crippen LogP contribution in [0, 0.1) is 5.92 Å². The summed E-state index contributed by atoms with van der Waals surface area (Å²) in [6.45, 7) is 2.19. The van der Waals surface area contributed by atoms with Crippen LogP contribution in [-0.4, -0.2) is 5.88 Å². The van der Waals surface area contributed by atoms with Gasteiger partial charge in [-0.05, 0) is 41.1 Å². The van der Waals surface area contributed by atoms with Gasteiger partial charge in [0.1, 0.15) is 0 Å². The van der Waals surface area contributed by atoms with E-state index in [4.69, 9.17) is 11.6 Å². The highest BCUT2D eigenvalue weighted by Crippen LogP contribution is 2.13.